The number of amides is 1. The van der Waals surface area contributed by atoms with E-state index in [1.54, 1.807) is 12.1 Å². The second-order valence-electron chi connectivity index (χ2n) is 5.65. The predicted octanol–water partition coefficient (Wildman–Crippen LogP) is 1.75. The SMILES string of the molecule is O=C(NO)c1cnc(N2CC3=C2CN3c2cccc(OC(F)F)c2)nc1. The summed E-state index contributed by atoms with van der Waals surface area (Å²) in [7, 11) is 0. The summed E-state index contributed by atoms with van der Waals surface area (Å²) in [6, 6.07) is 6.53. The largest absolute Gasteiger partial charge is 0.435 e. The van der Waals surface area contributed by atoms with Gasteiger partial charge in [-0.05, 0) is 12.1 Å². The van der Waals surface area contributed by atoms with Gasteiger partial charge in [0.1, 0.15) is 5.75 Å². The lowest BCUT2D eigenvalue weighted by Crippen LogP contribution is -2.56. The lowest BCUT2D eigenvalue weighted by Gasteiger charge is -2.51. The summed E-state index contributed by atoms with van der Waals surface area (Å²) in [6.07, 6.45) is 2.65. The minimum atomic E-state index is -2.86. The molecule has 2 aliphatic heterocycles. The summed E-state index contributed by atoms with van der Waals surface area (Å²) in [5, 5.41) is 8.59. The van der Waals surface area contributed by atoms with E-state index in [-0.39, 0.29) is 11.3 Å². The van der Waals surface area contributed by atoms with E-state index in [0.717, 1.165) is 17.1 Å². The van der Waals surface area contributed by atoms with Gasteiger partial charge in [-0.25, -0.2) is 15.4 Å². The number of carbonyl (C=O) groups excluding carboxylic acids is 1. The average molecular weight is 361 g/mol. The van der Waals surface area contributed by atoms with Gasteiger partial charge in [0.05, 0.1) is 30.0 Å². The minimum absolute atomic E-state index is 0.115. The van der Waals surface area contributed by atoms with Crippen LogP contribution in [0.5, 0.6) is 5.75 Å². The number of rotatable bonds is 5. The molecule has 0 unspecified atom stereocenters. The van der Waals surface area contributed by atoms with Crippen molar-refractivity contribution in [3.8, 4) is 5.75 Å². The second kappa shape index (κ2) is 6.23. The minimum Gasteiger partial charge on any atom is -0.435 e. The number of alkyl halides is 2. The molecule has 0 fully saturated rings. The molecule has 8 nitrogen and oxygen atoms in total. The van der Waals surface area contributed by atoms with E-state index in [2.05, 4.69) is 14.7 Å². The topological polar surface area (TPSA) is 90.8 Å². The van der Waals surface area contributed by atoms with Crippen molar-refractivity contribution in [3.63, 3.8) is 0 Å². The third-order valence-electron chi connectivity index (χ3n) is 4.20. The summed E-state index contributed by atoms with van der Waals surface area (Å²) in [4.78, 5) is 23.4. The number of ether oxygens (including phenoxy) is 1. The van der Waals surface area contributed by atoms with Gasteiger partial charge in [-0.15, -0.1) is 0 Å². The molecule has 134 valence electrons. The molecule has 0 aliphatic carbocycles. The first-order valence-corrected chi connectivity index (χ1v) is 7.65. The van der Waals surface area contributed by atoms with Crippen LogP contribution in [0.4, 0.5) is 20.4 Å². The molecule has 10 heteroatoms. The van der Waals surface area contributed by atoms with E-state index in [1.165, 1.54) is 23.9 Å². The molecule has 1 aromatic heterocycles. The van der Waals surface area contributed by atoms with Crippen molar-refractivity contribution >= 4 is 17.5 Å². The molecule has 1 aromatic carbocycles. The van der Waals surface area contributed by atoms with Crippen molar-refractivity contribution in [2.75, 3.05) is 22.9 Å². The maximum atomic E-state index is 12.3. The van der Waals surface area contributed by atoms with Gasteiger partial charge in [0, 0.05) is 24.1 Å². The molecular weight excluding hydrogens is 348 g/mol. The summed E-state index contributed by atoms with van der Waals surface area (Å²) in [5.74, 6) is -0.114. The molecule has 0 atom stereocenters. The zero-order chi connectivity index (χ0) is 18.3. The normalized spacial score (nSPS) is 15.4. The highest BCUT2D eigenvalue weighted by Crippen LogP contribution is 2.41. The Morgan fingerprint density at radius 3 is 2.50 bits per heavy atom. The maximum absolute atomic E-state index is 12.3. The molecule has 4 rings (SSSR count). The van der Waals surface area contributed by atoms with E-state index >= 15 is 0 Å². The highest BCUT2D eigenvalue weighted by atomic mass is 19.3. The van der Waals surface area contributed by atoms with Crippen molar-refractivity contribution in [2.24, 2.45) is 0 Å². The van der Waals surface area contributed by atoms with Crippen LogP contribution in [-0.2, 0) is 0 Å². The third kappa shape index (κ3) is 2.69. The van der Waals surface area contributed by atoms with Gasteiger partial charge in [0.25, 0.3) is 5.91 Å². The van der Waals surface area contributed by atoms with Crippen LogP contribution in [0.2, 0.25) is 0 Å². The lowest BCUT2D eigenvalue weighted by molar-refractivity contribution is -0.0498. The van der Waals surface area contributed by atoms with Crippen LogP contribution in [0.3, 0.4) is 0 Å². The fraction of sp³-hybridized carbons (Fsp3) is 0.188. The standard InChI is InChI=1S/C16H13F2N5O3/c17-15(18)26-11-3-1-2-10(4-11)22-7-13-12(22)8-23(13)16-19-5-9(6-20-16)14(24)21-25/h1-6,15,25H,7-8H2,(H,21,24). The molecule has 0 spiro atoms. The molecule has 3 heterocycles. The Bertz CT molecular complexity index is 888. The first kappa shape index (κ1) is 16.2. The smallest absolute Gasteiger partial charge is 0.387 e. The van der Waals surface area contributed by atoms with E-state index in [4.69, 9.17) is 5.21 Å². The van der Waals surface area contributed by atoms with Crippen molar-refractivity contribution in [3.05, 3.63) is 53.6 Å². The Morgan fingerprint density at radius 1 is 1.19 bits per heavy atom. The molecule has 2 aliphatic rings. The van der Waals surface area contributed by atoms with Crippen LogP contribution in [0.1, 0.15) is 10.4 Å². The van der Waals surface area contributed by atoms with Gasteiger partial charge in [-0.3, -0.25) is 10.0 Å². The summed E-state index contributed by atoms with van der Waals surface area (Å²) >= 11 is 0. The zero-order valence-electron chi connectivity index (χ0n) is 13.3. The van der Waals surface area contributed by atoms with Crippen LogP contribution in [-0.4, -0.2) is 40.8 Å². The number of halogens is 2. The van der Waals surface area contributed by atoms with Crippen molar-refractivity contribution in [1.29, 1.82) is 0 Å². The van der Waals surface area contributed by atoms with Crippen molar-refractivity contribution in [2.45, 2.75) is 6.61 Å². The van der Waals surface area contributed by atoms with Gasteiger partial charge in [-0.1, -0.05) is 6.07 Å². The van der Waals surface area contributed by atoms with E-state index in [1.807, 2.05) is 15.9 Å². The van der Waals surface area contributed by atoms with Gasteiger partial charge in [-0.2, -0.15) is 8.78 Å². The zero-order valence-corrected chi connectivity index (χ0v) is 13.3. The van der Waals surface area contributed by atoms with Crippen LogP contribution in [0.25, 0.3) is 0 Å². The third-order valence-corrected chi connectivity index (χ3v) is 4.20. The molecular formula is C16H13F2N5O3. The molecule has 0 saturated heterocycles. The number of aromatic nitrogens is 2. The number of hydrogen-bond acceptors (Lipinski definition) is 7. The summed E-state index contributed by atoms with van der Waals surface area (Å²) < 4.78 is 29.1. The van der Waals surface area contributed by atoms with Gasteiger partial charge in [0.15, 0.2) is 0 Å². The van der Waals surface area contributed by atoms with Crippen LogP contribution in [0.15, 0.2) is 48.1 Å². The summed E-state index contributed by atoms with van der Waals surface area (Å²) in [5.41, 5.74) is 4.53. The Kier molecular flexibility index (Phi) is 3.88. The fourth-order valence-corrected chi connectivity index (χ4v) is 2.88. The molecule has 0 saturated carbocycles. The Balaban J connectivity index is 1.47. The number of hydroxylamine groups is 1. The van der Waals surface area contributed by atoms with Crippen molar-refractivity contribution in [1.82, 2.24) is 15.4 Å². The van der Waals surface area contributed by atoms with E-state index in [9.17, 15) is 13.6 Å². The number of nitrogens with zero attached hydrogens (tertiary/aromatic N) is 4. The molecule has 0 radical (unpaired) electrons. The van der Waals surface area contributed by atoms with E-state index in [0.29, 0.717) is 19.0 Å². The number of hydrogen-bond donors (Lipinski definition) is 2. The number of piperazine rings is 1. The number of benzene rings is 1. The Hall–Kier alpha value is -3.27. The fourth-order valence-electron chi connectivity index (χ4n) is 2.88. The number of carbonyl (C=O) groups is 1. The molecule has 2 N–H and O–H groups in total. The number of nitrogens with one attached hydrogen (secondary N) is 1. The predicted molar refractivity (Wildman–Crippen MR) is 86.1 cm³/mol. The molecule has 0 bridgehead atoms. The van der Waals surface area contributed by atoms with Gasteiger partial charge >= 0.3 is 6.61 Å². The molecule has 2 aromatic rings. The highest BCUT2D eigenvalue weighted by molar-refractivity contribution is 5.92. The number of anilines is 2. The van der Waals surface area contributed by atoms with E-state index < -0.39 is 12.5 Å². The second-order valence-corrected chi connectivity index (χ2v) is 5.65. The monoisotopic (exact) mass is 361 g/mol. The van der Waals surface area contributed by atoms with Crippen LogP contribution >= 0.6 is 0 Å². The van der Waals surface area contributed by atoms with Gasteiger partial charge in [0.2, 0.25) is 5.95 Å². The van der Waals surface area contributed by atoms with Crippen LogP contribution < -0.4 is 20.0 Å². The van der Waals surface area contributed by atoms with Crippen molar-refractivity contribution < 1.29 is 23.5 Å². The molecule has 1 amide bonds. The average Bonchev–Trinajstić information content (AvgIpc) is 2.62. The Morgan fingerprint density at radius 2 is 1.88 bits per heavy atom. The molecule has 26 heavy (non-hydrogen) atoms. The first-order chi connectivity index (χ1) is 12.6. The maximum Gasteiger partial charge on any atom is 0.387 e. The first-order valence-electron chi connectivity index (χ1n) is 7.65. The highest BCUT2D eigenvalue weighted by Gasteiger charge is 2.41. The summed E-state index contributed by atoms with van der Waals surface area (Å²) in [6.45, 7) is -1.69. The van der Waals surface area contributed by atoms with Gasteiger partial charge < -0.3 is 14.5 Å². The quantitative estimate of drug-likeness (QED) is 0.619. The lowest BCUT2D eigenvalue weighted by atomic mass is 10.00. The van der Waals surface area contributed by atoms with Crippen LogP contribution in [0, 0.1) is 0 Å². The Labute approximate surface area is 146 Å².